The van der Waals surface area contributed by atoms with Crippen molar-refractivity contribution in [2.45, 2.75) is 30.2 Å². The highest BCUT2D eigenvalue weighted by atomic mass is 32.2. The lowest BCUT2D eigenvalue weighted by molar-refractivity contribution is -0.137. The first-order chi connectivity index (χ1) is 12.5. The van der Waals surface area contributed by atoms with Gasteiger partial charge in [0, 0.05) is 12.3 Å². The number of hydrogen-bond acceptors (Lipinski definition) is 3. The molecule has 1 aromatic heterocycles. The van der Waals surface area contributed by atoms with E-state index in [0.29, 0.717) is 28.7 Å². The van der Waals surface area contributed by atoms with Gasteiger partial charge in [-0.2, -0.15) is 13.2 Å². The van der Waals surface area contributed by atoms with Crippen LogP contribution in [0.1, 0.15) is 22.4 Å². The van der Waals surface area contributed by atoms with Crippen LogP contribution in [-0.2, 0) is 25.1 Å². The number of rotatable bonds is 6. The largest absolute Gasteiger partial charge is 0.416 e. The molecule has 0 saturated carbocycles. The van der Waals surface area contributed by atoms with Crippen LogP contribution in [0.15, 0.2) is 66.0 Å². The molecule has 0 aliphatic carbocycles. The number of aromatic nitrogens is 2. The average Bonchev–Trinajstić information content (AvgIpc) is 3.02. The predicted octanol–water partition coefficient (Wildman–Crippen LogP) is 4.73. The molecular weight excluding hydrogens is 361 g/mol. The summed E-state index contributed by atoms with van der Waals surface area (Å²) in [6.45, 7) is 0.394. The Balaban J connectivity index is 1.77. The smallest absolute Gasteiger partial charge is 0.390 e. The first kappa shape index (κ1) is 18.5. The van der Waals surface area contributed by atoms with Crippen LogP contribution in [0.4, 0.5) is 13.2 Å². The van der Waals surface area contributed by atoms with E-state index in [1.165, 1.54) is 17.8 Å². The van der Waals surface area contributed by atoms with E-state index in [2.05, 4.69) is 4.98 Å². The van der Waals surface area contributed by atoms with Gasteiger partial charge in [0.05, 0.1) is 24.1 Å². The SMILES string of the molecule is OCc1cnc(SCc2cccc(C(F)(F)F)c2)n1Cc1ccccc1. The first-order valence-corrected chi connectivity index (χ1v) is 8.94. The van der Waals surface area contributed by atoms with Gasteiger partial charge in [-0.05, 0) is 17.2 Å². The van der Waals surface area contributed by atoms with Crippen LogP contribution in [0.5, 0.6) is 0 Å². The Morgan fingerprint density at radius 2 is 1.73 bits per heavy atom. The molecule has 0 fully saturated rings. The van der Waals surface area contributed by atoms with E-state index in [9.17, 15) is 18.3 Å². The summed E-state index contributed by atoms with van der Waals surface area (Å²) < 4.78 is 40.4. The Labute approximate surface area is 153 Å². The van der Waals surface area contributed by atoms with Crippen LogP contribution in [0.25, 0.3) is 0 Å². The highest BCUT2D eigenvalue weighted by Crippen LogP contribution is 2.31. The molecule has 0 aliphatic rings. The topological polar surface area (TPSA) is 38.1 Å². The van der Waals surface area contributed by atoms with Crippen molar-refractivity contribution in [3.05, 3.63) is 83.2 Å². The van der Waals surface area contributed by atoms with Gasteiger partial charge in [-0.25, -0.2) is 4.98 Å². The summed E-state index contributed by atoms with van der Waals surface area (Å²) in [6, 6.07) is 15.0. The highest BCUT2D eigenvalue weighted by molar-refractivity contribution is 7.98. The third-order valence-electron chi connectivity index (χ3n) is 3.87. The third-order valence-corrected chi connectivity index (χ3v) is 4.93. The maximum atomic E-state index is 12.8. The molecule has 1 heterocycles. The van der Waals surface area contributed by atoms with E-state index < -0.39 is 11.7 Å². The lowest BCUT2D eigenvalue weighted by atomic mass is 10.1. The van der Waals surface area contributed by atoms with Gasteiger partial charge in [-0.15, -0.1) is 0 Å². The van der Waals surface area contributed by atoms with Crippen LogP contribution in [0.3, 0.4) is 0 Å². The number of thioether (sulfide) groups is 1. The number of aliphatic hydroxyl groups excluding tert-OH is 1. The molecule has 3 rings (SSSR count). The lowest BCUT2D eigenvalue weighted by Crippen LogP contribution is -2.06. The molecule has 3 nitrogen and oxygen atoms in total. The molecule has 0 spiro atoms. The molecule has 0 aliphatic heterocycles. The number of imidazole rings is 1. The van der Waals surface area contributed by atoms with E-state index >= 15 is 0 Å². The fraction of sp³-hybridized carbons (Fsp3) is 0.211. The van der Waals surface area contributed by atoms with Gasteiger partial charge in [-0.1, -0.05) is 60.3 Å². The van der Waals surface area contributed by atoms with Crippen molar-refractivity contribution in [2.24, 2.45) is 0 Å². The summed E-state index contributed by atoms with van der Waals surface area (Å²) in [5.41, 5.74) is 1.64. The average molecular weight is 378 g/mol. The van der Waals surface area contributed by atoms with Crippen molar-refractivity contribution in [3.8, 4) is 0 Å². The number of aliphatic hydroxyl groups is 1. The summed E-state index contributed by atoms with van der Waals surface area (Å²) in [7, 11) is 0. The molecule has 0 amide bonds. The van der Waals surface area contributed by atoms with Crippen molar-refractivity contribution in [2.75, 3.05) is 0 Å². The Morgan fingerprint density at radius 1 is 1.00 bits per heavy atom. The number of halogens is 3. The molecule has 0 unspecified atom stereocenters. The number of nitrogens with zero attached hydrogens (tertiary/aromatic N) is 2. The first-order valence-electron chi connectivity index (χ1n) is 7.95. The van der Waals surface area contributed by atoms with Gasteiger partial charge in [-0.3, -0.25) is 0 Å². The minimum Gasteiger partial charge on any atom is -0.390 e. The van der Waals surface area contributed by atoms with Crippen molar-refractivity contribution in [1.29, 1.82) is 0 Å². The van der Waals surface area contributed by atoms with Gasteiger partial charge in [0.2, 0.25) is 0 Å². The van der Waals surface area contributed by atoms with Crippen LogP contribution >= 0.6 is 11.8 Å². The summed E-state index contributed by atoms with van der Waals surface area (Å²) in [5, 5.41) is 10.2. The molecule has 0 atom stereocenters. The van der Waals surface area contributed by atoms with Crippen molar-refractivity contribution >= 4 is 11.8 Å². The van der Waals surface area contributed by atoms with E-state index in [4.69, 9.17) is 0 Å². The Kier molecular flexibility index (Phi) is 5.68. The lowest BCUT2D eigenvalue weighted by Gasteiger charge is -2.12. The fourth-order valence-corrected chi connectivity index (χ4v) is 3.49. The molecule has 0 saturated heterocycles. The number of alkyl halides is 3. The quantitative estimate of drug-likeness (QED) is 0.630. The van der Waals surface area contributed by atoms with E-state index in [0.717, 1.165) is 17.7 Å². The molecule has 0 radical (unpaired) electrons. The summed E-state index contributed by atoms with van der Waals surface area (Å²) in [6.07, 6.45) is -2.76. The molecule has 26 heavy (non-hydrogen) atoms. The van der Waals surface area contributed by atoms with E-state index in [-0.39, 0.29) is 6.61 Å². The van der Waals surface area contributed by atoms with E-state index in [1.807, 2.05) is 34.9 Å². The molecule has 2 aromatic carbocycles. The minimum absolute atomic E-state index is 0.149. The minimum atomic E-state index is -4.35. The zero-order chi connectivity index (χ0) is 18.6. The normalized spacial score (nSPS) is 11.7. The van der Waals surface area contributed by atoms with Gasteiger partial charge in [0.15, 0.2) is 5.16 Å². The van der Waals surface area contributed by atoms with Crippen LogP contribution in [0.2, 0.25) is 0 Å². The molecule has 136 valence electrons. The van der Waals surface area contributed by atoms with Crippen molar-refractivity contribution in [1.82, 2.24) is 9.55 Å². The monoisotopic (exact) mass is 378 g/mol. The van der Waals surface area contributed by atoms with Crippen LogP contribution < -0.4 is 0 Å². The Hall–Kier alpha value is -2.25. The second kappa shape index (κ2) is 7.97. The zero-order valence-corrected chi connectivity index (χ0v) is 14.6. The predicted molar refractivity (Wildman–Crippen MR) is 94.7 cm³/mol. The maximum Gasteiger partial charge on any atom is 0.416 e. The highest BCUT2D eigenvalue weighted by Gasteiger charge is 2.30. The standard InChI is InChI=1S/C19H17F3N2OS/c20-19(21,22)16-8-4-7-15(9-16)13-26-18-23-10-17(12-25)24(18)11-14-5-2-1-3-6-14/h1-10,25H,11-13H2. The zero-order valence-electron chi connectivity index (χ0n) is 13.8. The molecule has 3 aromatic rings. The molecule has 0 bridgehead atoms. The van der Waals surface area contributed by atoms with Gasteiger partial charge < -0.3 is 9.67 Å². The van der Waals surface area contributed by atoms with E-state index in [1.54, 1.807) is 12.3 Å². The summed E-state index contributed by atoms with van der Waals surface area (Å²) in [5.74, 6) is 0.362. The van der Waals surface area contributed by atoms with Crippen molar-refractivity contribution < 1.29 is 18.3 Å². The third kappa shape index (κ3) is 4.47. The van der Waals surface area contributed by atoms with Crippen molar-refractivity contribution in [3.63, 3.8) is 0 Å². The molecule has 7 heteroatoms. The Bertz CT molecular complexity index is 863. The number of benzene rings is 2. The molecular formula is C19H17F3N2OS. The second-order valence-corrected chi connectivity index (χ2v) is 6.69. The summed E-state index contributed by atoms with van der Waals surface area (Å²) >= 11 is 1.35. The maximum absolute atomic E-state index is 12.8. The molecule has 1 N–H and O–H groups in total. The van der Waals surface area contributed by atoms with Gasteiger partial charge in [0.25, 0.3) is 0 Å². The van der Waals surface area contributed by atoms with Gasteiger partial charge >= 0.3 is 6.18 Å². The number of hydrogen-bond donors (Lipinski definition) is 1. The fourth-order valence-electron chi connectivity index (χ4n) is 2.55. The van der Waals surface area contributed by atoms with Crippen LogP contribution in [-0.4, -0.2) is 14.7 Å². The van der Waals surface area contributed by atoms with Crippen LogP contribution in [0, 0.1) is 0 Å². The summed E-state index contributed by atoms with van der Waals surface area (Å²) in [4.78, 5) is 4.31. The Morgan fingerprint density at radius 3 is 2.42 bits per heavy atom. The second-order valence-electron chi connectivity index (χ2n) is 5.75. The van der Waals surface area contributed by atoms with Gasteiger partial charge in [0.1, 0.15) is 0 Å².